The summed E-state index contributed by atoms with van der Waals surface area (Å²) in [4.78, 5) is 12.3. The van der Waals surface area contributed by atoms with Gasteiger partial charge in [-0.15, -0.1) is 0 Å². The average Bonchev–Trinajstić information content (AvgIpc) is 2.19. The van der Waals surface area contributed by atoms with Crippen LogP contribution >= 0.6 is 0 Å². The summed E-state index contributed by atoms with van der Waals surface area (Å²) in [5.74, 6) is 0.531. The molecule has 0 bridgehead atoms. The van der Waals surface area contributed by atoms with E-state index in [0.717, 1.165) is 6.54 Å². The van der Waals surface area contributed by atoms with Gasteiger partial charge in [-0.1, -0.05) is 0 Å². The molecule has 0 atom stereocenters. The number of nitrogens with zero attached hydrogens (tertiary/aromatic N) is 2. The summed E-state index contributed by atoms with van der Waals surface area (Å²) < 4.78 is 5.99. The van der Waals surface area contributed by atoms with Crippen LogP contribution in [-0.2, 0) is 0 Å². The van der Waals surface area contributed by atoms with Crippen LogP contribution in [0.5, 0.6) is 5.75 Å². The van der Waals surface area contributed by atoms with Crippen molar-refractivity contribution in [2.45, 2.75) is 0 Å². The zero-order chi connectivity index (χ0) is 12.1. The summed E-state index contributed by atoms with van der Waals surface area (Å²) in [5.41, 5.74) is 0.0716. The van der Waals surface area contributed by atoms with E-state index >= 15 is 0 Å². The summed E-state index contributed by atoms with van der Waals surface area (Å²) in [5, 5.41) is 10.7. The molecule has 0 saturated carbocycles. The second kappa shape index (κ2) is 5.87. The van der Waals surface area contributed by atoms with Gasteiger partial charge in [0.1, 0.15) is 0 Å². The number of hydrogen-bond donors (Lipinski definition) is 0. The third-order valence-electron chi connectivity index (χ3n) is 1.95. The van der Waals surface area contributed by atoms with Crippen LogP contribution in [0.2, 0.25) is 0 Å². The molecular formula is C10H13AsN2O3. The summed E-state index contributed by atoms with van der Waals surface area (Å²) in [6, 6.07) is 4.85. The molecule has 0 aliphatic heterocycles. The molecule has 0 amide bonds. The SMILES string of the molecule is CN(C)CCOc1ccc([As])c([N+](=O)[O-])c1. The Hall–Kier alpha value is -1.06. The van der Waals surface area contributed by atoms with E-state index in [1.807, 2.05) is 19.0 Å². The van der Waals surface area contributed by atoms with E-state index in [1.165, 1.54) is 6.07 Å². The number of nitro benzene ring substituents is 1. The Kier molecular flexibility index (Phi) is 4.77. The van der Waals surface area contributed by atoms with E-state index in [-0.39, 0.29) is 5.69 Å². The van der Waals surface area contributed by atoms with Crippen molar-refractivity contribution in [2.75, 3.05) is 27.2 Å². The second-order valence-corrected chi connectivity index (χ2v) is 4.57. The van der Waals surface area contributed by atoms with Crippen molar-refractivity contribution >= 4 is 26.9 Å². The monoisotopic (exact) mass is 284 g/mol. The van der Waals surface area contributed by atoms with Crippen molar-refractivity contribution in [3.63, 3.8) is 0 Å². The molecule has 1 aromatic rings. The van der Waals surface area contributed by atoms with Crippen LogP contribution in [0.4, 0.5) is 5.69 Å². The van der Waals surface area contributed by atoms with Crippen molar-refractivity contribution < 1.29 is 9.66 Å². The molecule has 0 saturated heterocycles. The first-order chi connectivity index (χ1) is 7.50. The van der Waals surface area contributed by atoms with Crippen LogP contribution in [0.1, 0.15) is 0 Å². The van der Waals surface area contributed by atoms with Crippen molar-refractivity contribution in [2.24, 2.45) is 0 Å². The molecule has 0 spiro atoms. The number of rotatable bonds is 5. The molecule has 1 rings (SSSR count). The molecule has 16 heavy (non-hydrogen) atoms. The molecule has 2 radical (unpaired) electrons. The number of benzene rings is 1. The zero-order valence-electron chi connectivity index (χ0n) is 9.21. The first-order valence-corrected chi connectivity index (χ1v) is 5.69. The first-order valence-electron chi connectivity index (χ1n) is 4.75. The molecule has 0 heterocycles. The summed E-state index contributed by atoms with van der Waals surface area (Å²) in [7, 11) is 3.89. The predicted molar refractivity (Wildman–Crippen MR) is 62.5 cm³/mol. The molecule has 0 aliphatic carbocycles. The molecule has 0 unspecified atom stereocenters. The Morgan fingerprint density at radius 2 is 2.19 bits per heavy atom. The van der Waals surface area contributed by atoms with E-state index in [2.05, 4.69) is 16.9 Å². The Bertz CT molecular complexity index is 382. The molecule has 0 aliphatic rings. The van der Waals surface area contributed by atoms with E-state index in [4.69, 9.17) is 4.74 Å². The molecule has 0 N–H and O–H groups in total. The van der Waals surface area contributed by atoms with Gasteiger partial charge >= 0.3 is 103 Å². The maximum absolute atomic E-state index is 10.7. The Balaban J connectivity index is 2.68. The Labute approximate surface area is 103 Å². The Morgan fingerprint density at radius 3 is 2.75 bits per heavy atom. The summed E-state index contributed by atoms with van der Waals surface area (Å²) in [6.45, 7) is 1.29. The predicted octanol–water partition coefficient (Wildman–Crippen LogP) is 0.329. The van der Waals surface area contributed by atoms with Gasteiger partial charge in [0.15, 0.2) is 0 Å². The van der Waals surface area contributed by atoms with Crippen LogP contribution in [0.15, 0.2) is 18.2 Å². The first kappa shape index (κ1) is 13.0. The number of likely N-dealkylation sites (N-methyl/N-ethyl adjacent to an activating group) is 1. The maximum atomic E-state index is 10.7. The van der Waals surface area contributed by atoms with Gasteiger partial charge in [-0.25, -0.2) is 0 Å². The third-order valence-corrected chi connectivity index (χ3v) is 2.74. The second-order valence-electron chi connectivity index (χ2n) is 3.56. The van der Waals surface area contributed by atoms with E-state index in [1.54, 1.807) is 12.1 Å². The van der Waals surface area contributed by atoms with E-state index in [9.17, 15) is 10.1 Å². The molecule has 0 aromatic heterocycles. The van der Waals surface area contributed by atoms with Crippen LogP contribution in [0.25, 0.3) is 0 Å². The van der Waals surface area contributed by atoms with Gasteiger partial charge in [0.25, 0.3) is 0 Å². The zero-order valence-corrected chi connectivity index (χ0v) is 11.1. The van der Waals surface area contributed by atoms with Crippen molar-refractivity contribution in [1.29, 1.82) is 0 Å². The van der Waals surface area contributed by atoms with Crippen LogP contribution in [0.3, 0.4) is 0 Å². The van der Waals surface area contributed by atoms with Crippen molar-refractivity contribution in [3.05, 3.63) is 28.3 Å². The van der Waals surface area contributed by atoms with Gasteiger partial charge in [-0.3, -0.25) is 0 Å². The van der Waals surface area contributed by atoms with Crippen molar-refractivity contribution in [3.8, 4) is 5.75 Å². The van der Waals surface area contributed by atoms with Crippen LogP contribution in [0, 0.1) is 10.1 Å². The van der Waals surface area contributed by atoms with Gasteiger partial charge in [0, 0.05) is 0 Å². The number of hydrogen-bond acceptors (Lipinski definition) is 4. The quantitative estimate of drug-likeness (QED) is 0.444. The molecule has 1 aromatic carbocycles. The molecule has 0 fully saturated rings. The molecule has 5 nitrogen and oxygen atoms in total. The van der Waals surface area contributed by atoms with Gasteiger partial charge in [0.2, 0.25) is 0 Å². The standard InChI is InChI=1S/C10H13AsN2O3/c1-12(2)5-6-16-8-3-4-9(11)10(7-8)13(14)15/h3-4,7H,5-6H2,1-2H3. The minimum atomic E-state index is -0.410. The number of nitro groups is 1. The third kappa shape index (κ3) is 3.83. The van der Waals surface area contributed by atoms with Gasteiger partial charge < -0.3 is 0 Å². The van der Waals surface area contributed by atoms with Gasteiger partial charge in [0.05, 0.1) is 0 Å². The van der Waals surface area contributed by atoms with Gasteiger partial charge in [-0.2, -0.15) is 0 Å². The Morgan fingerprint density at radius 1 is 1.50 bits per heavy atom. The van der Waals surface area contributed by atoms with E-state index < -0.39 is 4.92 Å². The summed E-state index contributed by atoms with van der Waals surface area (Å²) >= 11 is 2.18. The fourth-order valence-corrected chi connectivity index (χ4v) is 1.55. The summed E-state index contributed by atoms with van der Waals surface area (Å²) in [6.07, 6.45) is 0. The average molecular weight is 284 g/mol. The fourth-order valence-electron chi connectivity index (χ4n) is 1.09. The number of ether oxygens (including phenoxy) is 1. The van der Waals surface area contributed by atoms with Gasteiger partial charge in [-0.05, 0) is 0 Å². The molecule has 86 valence electrons. The van der Waals surface area contributed by atoms with E-state index in [0.29, 0.717) is 16.7 Å². The van der Waals surface area contributed by atoms with Crippen molar-refractivity contribution in [1.82, 2.24) is 4.90 Å². The minimum absolute atomic E-state index is 0.0716. The van der Waals surface area contributed by atoms with Crippen LogP contribution in [-0.4, -0.2) is 53.9 Å². The van der Waals surface area contributed by atoms with Crippen LogP contribution < -0.4 is 9.09 Å². The molecule has 6 heteroatoms. The topological polar surface area (TPSA) is 55.6 Å². The fraction of sp³-hybridized carbons (Fsp3) is 0.400. The normalized spacial score (nSPS) is 10.5. The molecular weight excluding hydrogens is 271 g/mol.